The number of benzene rings is 2. The predicted octanol–water partition coefficient (Wildman–Crippen LogP) is 3.19. The van der Waals surface area contributed by atoms with Gasteiger partial charge in [-0.1, -0.05) is 42.5 Å². The molecule has 2 aromatic rings. The van der Waals surface area contributed by atoms with Crippen molar-refractivity contribution in [3.8, 4) is 0 Å². The third-order valence-electron chi connectivity index (χ3n) is 3.22. The van der Waals surface area contributed by atoms with Gasteiger partial charge in [-0.15, -0.1) is 12.4 Å². The van der Waals surface area contributed by atoms with Gasteiger partial charge < -0.3 is 5.32 Å². The van der Waals surface area contributed by atoms with E-state index in [2.05, 4.69) is 59.7 Å². The molecule has 0 aliphatic carbocycles. The van der Waals surface area contributed by atoms with E-state index in [9.17, 15) is 0 Å². The van der Waals surface area contributed by atoms with E-state index in [1.165, 1.54) is 16.3 Å². The molecule has 2 aromatic carbocycles. The van der Waals surface area contributed by atoms with Crippen LogP contribution in [0.15, 0.2) is 47.5 Å². The Labute approximate surface area is 114 Å². The van der Waals surface area contributed by atoms with Crippen molar-refractivity contribution in [3.63, 3.8) is 0 Å². The van der Waals surface area contributed by atoms with Gasteiger partial charge in [-0.3, -0.25) is 4.99 Å². The van der Waals surface area contributed by atoms with Gasteiger partial charge in [0.2, 0.25) is 0 Å². The van der Waals surface area contributed by atoms with Gasteiger partial charge in [-0.2, -0.15) is 0 Å². The summed E-state index contributed by atoms with van der Waals surface area (Å²) in [5.41, 5.74) is 1.35. The molecule has 2 nitrogen and oxygen atoms in total. The second-order valence-electron chi connectivity index (χ2n) is 4.62. The SMILES string of the molecule is C[C@H]1CNC(Cc2cccc3ccccc23)=N1.Cl. The molecule has 0 saturated carbocycles. The average Bonchev–Trinajstić information content (AvgIpc) is 2.75. The quantitative estimate of drug-likeness (QED) is 0.881. The molecule has 0 saturated heterocycles. The van der Waals surface area contributed by atoms with E-state index >= 15 is 0 Å². The number of fused-ring (bicyclic) bond motifs is 1. The minimum Gasteiger partial charge on any atom is -0.371 e. The molecule has 0 aromatic heterocycles. The van der Waals surface area contributed by atoms with Crippen LogP contribution in [0.1, 0.15) is 12.5 Å². The minimum atomic E-state index is 0. The number of aliphatic imine (C=N–C) groups is 1. The normalized spacial score (nSPS) is 18.1. The Morgan fingerprint density at radius 3 is 2.72 bits per heavy atom. The highest BCUT2D eigenvalue weighted by molar-refractivity contribution is 5.92. The number of nitrogens with one attached hydrogen (secondary N) is 1. The summed E-state index contributed by atoms with van der Waals surface area (Å²) in [6, 6.07) is 15.4. The molecule has 94 valence electrons. The summed E-state index contributed by atoms with van der Waals surface area (Å²) in [4.78, 5) is 4.60. The molecule has 1 atom stereocenters. The zero-order valence-corrected chi connectivity index (χ0v) is 11.2. The van der Waals surface area contributed by atoms with Crippen LogP contribution in [0.2, 0.25) is 0 Å². The molecule has 1 heterocycles. The third kappa shape index (κ3) is 2.49. The lowest BCUT2D eigenvalue weighted by Gasteiger charge is -2.06. The van der Waals surface area contributed by atoms with Crippen molar-refractivity contribution in [1.29, 1.82) is 0 Å². The van der Waals surface area contributed by atoms with Crippen molar-refractivity contribution >= 4 is 29.0 Å². The fraction of sp³-hybridized carbons (Fsp3) is 0.267. The minimum absolute atomic E-state index is 0. The van der Waals surface area contributed by atoms with Crippen molar-refractivity contribution in [2.45, 2.75) is 19.4 Å². The van der Waals surface area contributed by atoms with Gasteiger partial charge in [0.05, 0.1) is 6.04 Å². The summed E-state index contributed by atoms with van der Waals surface area (Å²) < 4.78 is 0. The topological polar surface area (TPSA) is 24.4 Å². The second-order valence-corrected chi connectivity index (χ2v) is 4.62. The number of nitrogens with zero attached hydrogens (tertiary/aromatic N) is 1. The maximum atomic E-state index is 4.60. The van der Waals surface area contributed by atoms with Crippen molar-refractivity contribution in [2.24, 2.45) is 4.99 Å². The monoisotopic (exact) mass is 260 g/mol. The average molecular weight is 261 g/mol. The summed E-state index contributed by atoms with van der Waals surface area (Å²) in [7, 11) is 0. The van der Waals surface area contributed by atoms with Crippen LogP contribution in [0.4, 0.5) is 0 Å². The van der Waals surface area contributed by atoms with Gasteiger partial charge in [0.1, 0.15) is 5.84 Å². The lowest BCUT2D eigenvalue weighted by atomic mass is 10.0. The molecule has 1 aliphatic rings. The highest BCUT2D eigenvalue weighted by Gasteiger charge is 2.12. The standard InChI is InChI=1S/C15H16N2.ClH/c1-11-10-16-15(17-11)9-13-7-4-6-12-5-2-3-8-14(12)13;/h2-8,11H,9-10H2,1H3,(H,16,17);1H/t11-;/m0./s1. The molecule has 0 bridgehead atoms. The lowest BCUT2D eigenvalue weighted by Crippen LogP contribution is -2.21. The van der Waals surface area contributed by atoms with Crippen LogP contribution in [0.25, 0.3) is 10.8 Å². The molecule has 18 heavy (non-hydrogen) atoms. The van der Waals surface area contributed by atoms with Crippen LogP contribution >= 0.6 is 12.4 Å². The zero-order valence-electron chi connectivity index (χ0n) is 10.4. The molecule has 0 spiro atoms. The van der Waals surface area contributed by atoms with Gasteiger partial charge >= 0.3 is 0 Å². The van der Waals surface area contributed by atoms with Crippen LogP contribution in [-0.4, -0.2) is 18.4 Å². The number of halogens is 1. The van der Waals surface area contributed by atoms with Crippen LogP contribution in [0, 0.1) is 0 Å². The largest absolute Gasteiger partial charge is 0.371 e. The van der Waals surface area contributed by atoms with Crippen LogP contribution < -0.4 is 5.32 Å². The third-order valence-corrected chi connectivity index (χ3v) is 3.22. The molecule has 3 rings (SSSR count). The van der Waals surface area contributed by atoms with E-state index < -0.39 is 0 Å². The molecule has 1 N–H and O–H groups in total. The van der Waals surface area contributed by atoms with Gasteiger partial charge in [0.25, 0.3) is 0 Å². The van der Waals surface area contributed by atoms with E-state index in [0.29, 0.717) is 6.04 Å². The van der Waals surface area contributed by atoms with Crippen molar-refractivity contribution in [3.05, 3.63) is 48.0 Å². The number of hydrogen-bond donors (Lipinski definition) is 1. The van der Waals surface area contributed by atoms with Crippen molar-refractivity contribution in [1.82, 2.24) is 5.32 Å². The molecule has 3 heteroatoms. The zero-order chi connectivity index (χ0) is 11.7. The van der Waals surface area contributed by atoms with E-state index in [-0.39, 0.29) is 12.4 Å². The molecule has 0 radical (unpaired) electrons. The molecule has 0 unspecified atom stereocenters. The van der Waals surface area contributed by atoms with E-state index in [1.54, 1.807) is 0 Å². The summed E-state index contributed by atoms with van der Waals surface area (Å²) in [5, 5.41) is 6.00. The first kappa shape index (κ1) is 12.9. The number of rotatable bonds is 2. The van der Waals surface area contributed by atoms with Crippen molar-refractivity contribution < 1.29 is 0 Å². The van der Waals surface area contributed by atoms with Crippen LogP contribution in [0.3, 0.4) is 0 Å². The second kappa shape index (κ2) is 5.40. The van der Waals surface area contributed by atoms with E-state index in [0.717, 1.165) is 18.8 Å². The molecular weight excluding hydrogens is 244 g/mol. The maximum Gasteiger partial charge on any atom is 0.101 e. The van der Waals surface area contributed by atoms with E-state index in [4.69, 9.17) is 0 Å². The first-order valence-electron chi connectivity index (χ1n) is 6.10. The Morgan fingerprint density at radius 1 is 1.17 bits per heavy atom. The highest BCUT2D eigenvalue weighted by atomic mass is 35.5. The fourth-order valence-electron chi connectivity index (χ4n) is 2.36. The number of amidine groups is 1. The van der Waals surface area contributed by atoms with Gasteiger partial charge in [-0.25, -0.2) is 0 Å². The van der Waals surface area contributed by atoms with Crippen LogP contribution in [-0.2, 0) is 6.42 Å². The molecule has 0 fully saturated rings. The lowest BCUT2D eigenvalue weighted by molar-refractivity contribution is 0.765. The van der Waals surface area contributed by atoms with Crippen molar-refractivity contribution in [2.75, 3.05) is 6.54 Å². The summed E-state index contributed by atoms with van der Waals surface area (Å²) in [5.74, 6) is 1.12. The highest BCUT2D eigenvalue weighted by Crippen LogP contribution is 2.19. The fourth-order valence-corrected chi connectivity index (χ4v) is 2.36. The Kier molecular flexibility index (Phi) is 3.87. The van der Waals surface area contributed by atoms with Gasteiger partial charge in [0, 0.05) is 13.0 Å². The smallest absolute Gasteiger partial charge is 0.101 e. The summed E-state index contributed by atoms with van der Waals surface area (Å²) in [6.07, 6.45) is 0.908. The first-order chi connectivity index (χ1) is 8.33. The number of hydrogen-bond acceptors (Lipinski definition) is 2. The summed E-state index contributed by atoms with van der Waals surface area (Å²) >= 11 is 0. The Morgan fingerprint density at radius 2 is 1.94 bits per heavy atom. The molecule has 0 amide bonds. The Balaban J connectivity index is 0.00000120. The van der Waals surface area contributed by atoms with Crippen LogP contribution in [0.5, 0.6) is 0 Å². The molecular formula is C15H17ClN2. The maximum absolute atomic E-state index is 4.60. The van der Waals surface area contributed by atoms with E-state index in [1.807, 2.05) is 0 Å². The molecule has 1 aliphatic heterocycles. The Bertz CT molecular complexity index is 572. The van der Waals surface area contributed by atoms with Gasteiger partial charge in [0.15, 0.2) is 0 Å². The summed E-state index contributed by atoms with van der Waals surface area (Å²) in [6.45, 7) is 3.11. The first-order valence-corrected chi connectivity index (χ1v) is 6.10. The predicted molar refractivity (Wildman–Crippen MR) is 79.8 cm³/mol. The van der Waals surface area contributed by atoms with Gasteiger partial charge in [-0.05, 0) is 23.3 Å². The Hall–Kier alpha value is -1.54.